The number of nitrogens with zero attached hydrogens (tertiary/aromatic N) is 1. The van der Waals surface area contributed by atoms with Crippen molar-refractivity contribution in [1.82, 2.24) is 5.32 Å². The molecule has 0 saturated heterocycles. The fourth-order valence-corrected chi connectivity index (χ4v) is 3.41. The first-order valence-corrected chi connectivity index (χ1v) is 7.83. The molecule has 0 spiro atoms. The molecule has 1 atom stereocenters. The lowest BCUT2D eigenvalue weighted by atomic mass is 9.87. The van der Waals surface area contributed by atoms with E-state index in [-0.39, 0.29) is 6.10 Å². The molecule has 0 saturated carbocycles. The number of rotatable bonds is 3. The molecule has 0 bridgehead atoms. The molecule has 1 N–H and O–H groups in total. The van der Waals surface area contributed by atoms with E-state index in [0.29, 0.717) is 21.9 Å². The zero-order chi connectivity index (χ0) is 15.6. The van der Waals surface area contributed by atoms with Gasteiger partial charge in [0, 0.05) is 10.6 Å². The van der Waals surface area contributed by atoms with Gasteiger partial charge in [-0.2, -0.15) is 5.26 Å². The van der Waals surface area contributed by atoms with Crippen LogP contribution in [-0.4, -0.2) is 12.1 Å². The monoisotopic (exact) mass is 320 g/mol. The highest BCUT2D eigenvalue weighted by Crippen LogP contribution is 2.40. The summed E-state index contributed by atoms with van der Waals surface area (Å²) in [5, 5.41) is 14.8. The van der Waals surface area contributed by atoms with Gasteiger partial charge in [0.25, 0.3) is 0 Å². The normalized spacial score (nSPS) is 18.6. The summed E-state index contributed by atoms with van der Waals surface area (Å²) in [4.78, 5) is 13.3. The SMILES string of the molecule is CC1=C(C(=O)OC(C)C)[C@H](c2cccs2)C(C#N)=C(S)N1. The summed E-state index contributed by atoms with van der Waals surface area (Å²) >= 11 is 5.83. The number of dihydropyridines is 1. The van der Waals surface area contributed by atoms with Gasteiger partial charge < -0.3 is 10.1 Å². The Hall–Kier alpha value is -1.71. The Morgan fingerprint density at radius 1 is 1.57 bits per heavy atom. The summed E-state index contributed by atoms with van der Waals surface area (Å²) < 4.78 is 5.33. The predicted octanol–water partition coefficient (Wildman–Crippen LogP) is 3.33. The van der Waals surface area contributed by atoms with Crippen LogP contribution in [0.1, 0.15) is 31.6 Å². The molecule has 1 aromatic heterocycles. The van der Waals surface area contributed by atoms with Crippen LogP contribution in [0.25, 0.3) is 0 Å². The molecule has 0 unspecified atom stereocenters. The van der Waals surface area contributed by atoms with E-state index < -0.39 is 11.9 Å². The first-order valence-electron chi connectivity index (χ1n) is 6.51. The largest absolute Gasteiger partial charge is 0.460 e. The van der Waals surface area contributed by atoms with Crippen molar-refractivity contribution in [2.45, 2.75) is 32.8 Å². The molecule has 1 aromatic rings. The standard InChI is InChI=1S/C15H16N2O2S2/c1-8(2)19-15(18)12-9(3)17-14(20)10(7-16)13(12)11-5-4-6-21-11/h4-6,8,13,17,20H,1-3H3/t13-/m0/s1. The van der Waals surface area contributed by atoms with Crippen LogP contribution in [0.2, 0.25) is 0 Å². The van der Waals surface area contributed by atoms with Gasteiger partial charge in [-0.3, -0.25) is 0 Å². The van der Waals surface area contributed by atoms with Crippen LogP contribution < -0.4 is 5.32 Å². The Labute approximate surface area is 133 Å². The van der Waals surface area contributed by atoms with E-state index in [2.05, 4.69) is 24.0 Å². The van der Waals surface area contributed by atoms with E-state index in [9.17, 15) is 10.1 Å². The number of thiophene rings is 1. The number of allylic oxidation sites excluding steroid dienone is 2. The molecule has 0 aromatic carbocycles. The van der Waals surface area contributed by atoms with Gasteiger partial charge >= 0.3 is 5.97 Å². The van der Waals surface area contributed by atoms with Crippen molar-refractivity contribution in [3.05, 3.63) is 44.3 Å². The van der Waals surface area contributed by atoms with Crippen molar-refractivity contribution in [2.75, 3.05) is 0 Å². The van der Waals surface area contributed by atoms with Crippen LogP contribution in [0.5, 0.6) is 0 Å². The number of esters is 1. The third-order valence-corrected chi connectivity index (χ3v) is 4.34. The lowest BCUT2D eigenvalue weighted by molar-refractivity contribution is -0.143. The van der Waals surface area contributed by atoms with Gasteiger partial charge in [0.15, 0.2) is 0 Å². The minimum absolute atomic E-state index is 0.214. The van der Waals surface area contributed by atoms with Gasteiger partial charge in [-0.1, -0.05) is 6.07 Å². The summed E-state index contributed by atoms with van der Waals surface area (Å²) in [5.74, 6) is -0.822. The minimum Gasteiger partial charge on any atom is -0.460 e. The van der Waals surface area contributed by atoms with Gasteiger partial charge in [0.05, 0.1) is 34.3 Å². The van der Waals surface area contributed by atoms with E-state index in [1.54, 1.807) is 20.8 Å². The fourth-order valence-electron chi connectivity index (χ4n) is 2.22. The highest BCUT2D eigenvalue weighted by atomic mass is 32.1. The number of nitrogens with one attached hydrogen (secondary N) is 1. The first-order chi connectivity index (χ1) is 9.95. The number of hydrogen-bond acceptors (Lipinski definition) is 6. The molecular weight excluding hydrogens is 304 g/mol. The second-order valence-corrected chi connectivity index (χ2v) is 6.37. The van der Waals surface area contributed by atoms with Gasteiger partial charge in [-0.25, -0.2) is 4.79 Å². The summed E-state index contributed by atoms with van der Waals surface area (Å²) in [6, 6.07) is 5.97. The van der Waals surface area contributed by atoms with Gasteiger partial charge in [-0.15, -0.1) is 24.0 Å². The Kier molecular flexibility index (Phi) is 4.76. The third kappa shape index (κ3) is 3.14. The lowest BCUT2D eigenvalue weighted by Crippen LogP contribution is -2.28. The van der Waals surface area contributed by atoms with E-state index in [1.807, 2.05) is 17.5 Å². The molecule has 1 aliphatic heterocycles. The van der Waals surface area contributed by atoms with E-state index in [1.165, 1.54) is 11.3 Å². The highest BCUT2D eigenvalue weighted by Gasteiger charge is 2.35. The van der Waals surface area contributed by atoms with Crippen molar-refractivity contribution in [1.29, 1.82) is 5.26 Å². The maximum atomic E-state index is 12.4. The second-order valence-electron chi connectivity index (χ2n) is 4.94. The van der Waals surface area contributed by atoms with Gasteiger partial charge in [0.2, 0.25) is 0 Å². The quantitative estimate of drug-likeness (QED) is 0.662. The molecule has 21 heavy (non-hydrogen) atoms. The molecule has 0 aliphatic carbocycles. The molecule has 110 valence electrons. The topological polar surface area (TPSA) is 62.1 Å². The number of nitriles is 1. The summed E-state index contributed by atoms with van der Waals surface area (Å²) in [6.45, 7) is 5.40. The molecule has 0 radical (unpaired) electrons. The Bertz CT molecular complexity index is 652. The summed E-state index contributed by atoms with van der Waals surface area (Å²) in [7, 11) is 0. The van der Waals surface area contributed by atoms with Crippen molar-refractivity contribution >= 4 is 29.9 Å². The molecule has 6 heteroatoms. The van der Waals surface area contributed by atoms with Crippen molar-refractivity contribution < 1.29 is 9.53 Å². The van der Waals surface area contributed by atoms with Crippen molar-refractivity contribution in [3.8, 4) is 6.07 Å². The van der Waals surface area contributed by atoms with Gasteiger partial charge in [-0.05, 0) is 32.2 Å². The minimum atomic E-state index is -0.421. The van der Waals surface area contributed by atoms with E-state index in [4.69, 9.17) is 4.74 Å². The maximum absolute atomic E-state index is 12.4. The number of thiol groups is 1. The number of hydrogen-bond donors (Lipinski definition) is 2. The van der Waals surface area contributed by atoms with Gasteiger partial charge in [0.1, 0.15) is 0 Å². The van der Waals surface area contributed by atoms with Crippen LogP contribution >= 0.6 is 24.0 Å². The zero-order valence-electron chi connectivity index (χ0n) is 12.0. The molecule has 1 aliphatic rings. The van der Waals surface area contributed by atoms with Crippen LogP contribution in [0, 0.1) is 11.3 Å². The van der Waals surface area contributed by atoms with Crippen molar-refractivity contribution in [2.24, 2.45) is 0 Å². The van der Waals surface area contributed by atoms with Crippen LogP contribution in [0.15, 0.2) is 39.4 Å². The van der Waals surface area contributed by atoms with Crippen molar-refractivity contribution in [3.63, 3.8) is 0 Å². The Morgan fingerprint density at radius 2 is 2.29 bits per heavy atom. The fraction of sp³-hybridized carbons (Fsp3) is 0.333. The Balaban J connectivity index is 2.52. The van der Waals surface area contributed by atoms with E-state index >= 15 is 0 Å². The average Bonchev–Trinajstić information content (AvgIpc) is 2.90. The van der Waals surface area contributed by atoms with E-state index in [0.717, 1.165) is 4.88 Å². The predicted molar refractivity (Wildman–Crippen MR) is 85.7 cm³/mol. The highest BCUT2D eigenvalue weighted by molar-refractivity contribution is 7.84. The Morgan fingerprint density at radius 3 is 2.81 bits per heavy atom. The maximum Gasteiger partial charge on any atom is 0.337 e. The zero-order valence-corrected chi connectivity index (χ0v) is 13.7. The smallest absolute Gasteiger partial charge is 0.337 e. The summed E-state index contributed by atoms with van der Waals surface area (Å²) in [6.07, 6.45) is -0.214. The number of carbonyl (C=O) groups is 1. The molecule has 4 nitrogen and oxygen atoms in total. The third-order valence-electron chi connectivity index (χ3n) is 3.05. The molecule has 0 fully saturated rings. The molecule has 2 rings (SSSR count). The average molecular weight is 320 g/mol. The number of carbonyl (C=O) groups excluding carboxylic acids is 1. The first kappa shape index (κ1) is 15.7. The summed E-state index contributed by atoms with van der Waals surface area (Å²) in [5.41, 5.74) is 1.57. The lowest BCUT2D eigenvalue weighted by Gasteiger charge is -2.27. The number of ether oxygens (including phenoxy) is 1. The van der Waals surface area contributed by atoms with Crippen LogP contribution in [0.3, 0.4) is 0 Å². The molecular formula is C15H16N2O2S2. The second kappa shape index (κ2) is 6.37. The van der Waals surface area contributed by atoms with Crippen LogP contribution in [0.4, 0.5) is 0 Å². The molecule has 0 amide bonds. The van der Waals surface area contributed by atoms with Crippen LogP contribution in [-0.2, 0) is 9.53 Å². The molecule has 2 heterocycles.